The molecule has 0 saturated heterocycles. The lowest BCUT2D eigenvalue weighted by Crippen LogP contribution is -2.32. The molecule has 0 bridgehead atoms. The zero-order chi connectivity index (χ0) is 59.3. The Morgan fingerprint density at radius 2 is 0.871 bits per heavy atom. The largest absolute Gasteiger partial charge is 0.381 e. The molecule has 0 radical (unpaired) electrons. The molecule has 13 aromatic rings. The fraction of sp³-hybridized carbons (Fsp3) is 0.0857. The molecular weight excluding hydrogens is 1080 g/mol. The Morgan fingerprint density at radius 3 is 1.32 bits per heavy atom. The molecule has 85 heavy (non-hydrogen) atoms. The number of anilines is 1. The molecule has 420 valence electrons. The van der Waals surface area contributed by atoms with E-state index in [2.05, 4.69) is 15.4 Å². The molecule has 0 fully saturated rings. The van der Waals surface area contributed by atoms with Gasteiger partial charge >= 0.3 is 0 Å². The summed E-state index contributed by atoms with van der Waals surface area (Å²) in [6.07, 6.45) is 3.26. The van der Waals surface area contributed by atoms with E-state index in [-0.39, 0.29) is 40.1 Å². The third kappa shape index (κ3) is 11.3. The fourth-order valence-electron chi connectivity index (χ4n) is 10.8. The van der Waals surface area contributed by atoms with Crippen LogP contribution in [0.2, 0.25) is 5.02 Å². The maximum atomic E-state index is 14.2. The van der Waals surface area contributed by atoms with Crippen molar-refractivity contribution in [3.8, 4) is 39.3 Å². The second-order valence-corrected chi connectivity index (χ2v) is 20.9. The first-order valence-electron chi connectivity index (χ1n) is 27.7. The van der Waals surface area contributed by atoms with Crippen molar-refractivity contribution in [3.05, 3.63) is 302 Å². The van der Waals surface area contributed by atoms with E-state index >= 15 is 0 Å². The van der Waals surface area contributed by atoms with Crippen molar-refractivity contribution >= 4 is 61.3 Å². The van der Waals surface area contributed by atoms with Gasteiger partial charge in [-0.1, -0.05) is 175 Å². The second kappa shape index (κ2) is 24.5. The Balaban J connectivity index is 0.000000140. The molecule has 0 saturated carbocycles. The summed E-state index contributed by atoms with van der Waals surface area (Å²) < 4.78 is 6.51. The maximum absolute atomic E-state index is 14.2. The molecule has 15 heteroatoms. The molecule has 3 atom stereocenters. The number of amides is 1. The Kier molecular flexibility index (Phi) is 16.3. The zero-order valence-corrected chi connectivity index (χ0v) is 47.5. The van der Waals surface area contributed by atoms with Gasteiger partial charge in [-0.05, 0) is 126 Å². The van der Waals surface area contributed by atoms with Crippen LogP contribution in [0.25, 0.3) is 77.3 Å². The topological polar surface area (TPSA) is 203 Å². The van der Waals surface area contributed by atoms with Crippen molar-refractivity contribution in [2.45, 2.75) is 38.9 Å². The molecule has 0 aliphatic heterocycles. The summed E-state index contributed by atoms with van der Waals surface area (Å²) in [5, 5.41) is 12.0. The van der Waals surface area contributed by atoms with Gasteiger partial charge in [0, 0.05) is 58.6 Å². The number of carbonyl (C=O) groups excluding carboxylic acids is 1. The molecule has 1 amide bonds. The molecule has 7 N–H and O–H groups in total. The molecule has 0 spiro atoms. The minimum atomic E-state index is -0.543. The average Bonchev–Trinajstić information content (AvgIpc) is 2.44. The smallest absolute Gasteiger partial charge is 0.264 e. The number of nitrogen functional groups attached to an aromatic ring is 1. The number of benzene rings is 8. The van der Waals surface area contributed by atoms with Crippen molar-refractivity contribution in [3.63, 3.8) is 0 Å². The molecule has 5 aromatic heterocycles. The molecule has 13 rings (SSSR count). The average molecular weight is 1140 g/mol. The van der Waals surface area contributed by atoms with E-state index in [0.29, 0.717) is 38.2 Å². The number of nitrogens with zero attached hydrogens (tertiary/aromatic N) is 6. The Hall–Kier alpha value is -10.5. The lowest BCUT2D eigenvalue weighted by atomic mass is 9.98. The number of pyridine rings is 3. The first kappa shape index (κ1) is 56.4. The van der Waals surface area contributed by atoms with Crippen molar-refractivity contribution in [2.75, 3.05) is 5.73 Å². The number of carbonyl (C=O) groups is 1. The van der Waals surface area contributed by atoms with E-state index in [1.165, 1.54) is 4.52 Å². The van der Waals surface area contributed by atoms with Gasteiger partial charge in [0.25, 0.3) is 22.6 Å². The molecule has 5 heterocycles. The number of hydrogen-bond acceptors (Lipinski definition) is 9. The predicted molar refractivity (Wildman–Crippen MR) is 343 cm³/mol. The molecule has 14 nitrogen and oxygen atoms in total. The van der Waals surface area contributed by atoms with Gasteiger partial charge in [0.1, 0.15) is 5.56 Å². The van der Waals surface area contributed by atoms with Crippen LogP contribution in [0.4, 0.5) is 5.82 Å². The van der Waals surface area contributed by atoms with Crippen LogP contribution in [0.3, 0.4) is 0 Å². The van der Waals surface area contributed by atoms with Gasteiger partial charge in [0.15, 0.2) is 11.5 Å². The summed E-state index contributed by atoms with van der Waals surface area (Å²) in [6, 6.07) is 72.2. The highest BCUT2D eigenvalue weighted by Crippen LogP contribution is 2.32. The van der Waals surface area contributed by atoms with Gasteiger partial charge < -0.3 is 22.5 Å². The van der Waals surface area contributed by atoms with Crippen LogP contribution in [-0.2, 0) is 0 Å². The van der Waals surface area contributed by atoms with Crippen LogP contribution in [0.5, 0.6) is 0 Å². The van der Waals surface area contributed by atoms with Crippen LogP contribution in [0, 0.1) is 0 Å². The second-order valence-electron chi connectivity index (χ2n) is 20.5. The third-order valence-corrected chi connectivity index (χ3v) is 15.1. The maximum Gasteiger partial charge on any atom is 0.264 e. The van der Waals surface area contributed by atoms with Crippen molar-refractivity contribution < 1.29 is 4.79 Å². The molecular formula is C70H59ClN10O4. The van der Waals surface area contributed by atoms with E-state index in [4.69, 9.17) is 28.8 Å². The molecule has 0 aliphatic rings. The molecule has 0 unspecified atom stereocenters. The number of fused-ring (bicyclic) bond motifs is 4. The van der Waals surface area contributed by atoms with Gasteiger partial charge in [0.05, 0.1) is 27.2 Å². The summed E-state index contributed by atoms with van der Waals surface area (Å²) in [5.74, 6) is -0.339. The number of hydrogen-bond donors (Lipinski definition) is 4. The Labute approximate surface area is 494 Å². The van der Waals surface area contributed by atoms with E-state index in [0.717, 1.165) is 61.2 Å². The number of rotatable bonds is 10. The van der Waals surface area contributed by atoms with Crippen LogP contribution < -0.4 is 39.2 Å². The first-order chi connectivity index (χ1) is 41.3. The molecule has 0 aliphatic carbocycles. The van der Waals surface area contributed by atoms with E-state index in [1.54, 1.807) is 38.2 Å². The van der Waals surface area contributed by atoms with Crippen LogP contribution in [0.15, 0.2) is 257 Å². The summed E-state index contributed by atoms with van der Waals surface area (Å²) >= 11 is 6.21. The summed E-state index contributed by atoms with van der Waals surface area (Å²) in [6.45, 7) is 5.61. The van der Waals surface area contributed by atoms with Gasteiger partial charge in [-0.25, -0.2) is 9.50 Å². The SMILES string of the molecule is C[C@H](N)c1cc2cccc(-c3ccccc3)c2c(=O)n1-c1ccccc1.C[C@H](N)c1cc2cccc(Cl)c2c(=O)n1-c1ccccc1.C[C@H](NC(=O)c1c(N)nn2cccnc12)c1cc2cccc(-c3ccccc3)c2c(=O)n1-c1ccccc1. The first-order valence-corrected chi connectivity index (χ1v) is 28.1. The highest BCUT2D eigenvalue weighted by molar-refractivity contribution is 6.35. The quantitative estimate of drug-likeness (QED) is 0.103. The van der Waals surface area contributed by atoms with Crippen LogP contribution in [-0.4, -0.2) is 34.2 Å². The van der Waals surface area contributed by atoms with Crippen molar-refractivity contribution in [2.24, 2.45) is 11.5 Å². The van der Waals surface area contributed by atoms with Gasteiger partial charge in [-0.2, -0.15) is 0 Å². The minimum absolute atomic E-state index is 0.0412. The standard InChI is InChI=1S/C30H24N6O2.C23H20N2O.C17H15ClN2O/c1-19(33-29(37)26-27(31)34-35-17-9-16-32-28(26)35)24-18-21-12-8-15-23(20-10-4-2-5-11-20)25(21)30(38)36(24)22-13-6-3-7-14-22;1-16(24)21-15-18-11-8-14-20(17-9-4-2-5-10-17)22(18)23(26)25(21)19-12-6-3-7-13-19;1-11(19)15-10-12-6-5-9-14(18)16(12)17(21)20(15)13-7-3-2-4-8-13/h2-19H,1H3,(H2,31,34)(H,33,37);2-16H,24H2,1H3;2-11H,19H2,1H3/t19-;16-;11-/m000/s1. The predicted octanol–water partition coefficient (Wildman–Crippen LogP) is 13.1. The van der Waals surface area contributed by atoms with Crippen molar-refractivity contribution in [1.82, 2.24) is 33.6 Å². The van der Waals surface area contributed by atoms with Gasteiger partial charge in [-0.3, -0.25) is 32.9 Å². The zero-order valence-electron chi connectivity index (χ0n) is 46.8. The lowest BCUT2D eigenvalue weighted by Gasteiger charge is -2.21. The minimum Gasteiger partial charge on any atom is -0.381 e. The Bertz CT molecular complexity index is 4760. The summed E-state index contributed by atoms with van der Waals surface area (Å²) in [5.41, 5.74) is 26.8. The third-order valence-electron chi connectivity index (χ3n) is 14.8. The lowest BCUT2D eigenvalue weighted by molar-refractivity contribution is 0.0941. The number of nitrogens with two attached hydrogens (primary N) is 3. The Morgan fingerprint density at radius 1 is 0.482 bits per heavy atom. The number of nitrogens with one attached hydrogen (secondary N) is 1. The van der Waals surface area contributed by atoms with Crippen LogP contribution >= 0.6 is 11.6 Å². The highest BCUT2D eigenvalue weighted by atomic mass is 35.5. The summed E-state index contributed by atoms with van der Waals surface area (Å²) in [4.78, 5) is 58.3. The van der Waals surface area contributed by atoms with Gasteiger partial charge in [0.2, 0.25) is 0 Å². The normalized spacial score (nSPS) is 12.2. The number of aromatic nitrogens is 6. The van der Waals surface area contributed by atoms with E-state index in [9.17, 15) is 19.2 Å². The summed E-state index contributed by atoms with van der Waals surface area (Å²) in [7, 11) is 0. The van der Waals surface area contributed by atoms with Gasteiger partial charge in [-0.15, -0.1) is 5.10 Å². The van der Waals surface area contributed by atoms with Crippen LogP contribution in [0.1, 0.15) is 66.3 Å². The fourth-order valence-corrected chi connectivity index (χ4v) is 11.1. The number of para-hydroxylation sites is 3. The monoisotopic (exact) mass is 1140 g/mol. The van der Waals surface area contributed by atoms with E-state index < -0.39 is 11.9 Å². The number of halogens is 1. The van der Waals surface area contributed by atoms with E-state index in [1.807, 2.05) is 239 Å². The molecule has 8 aromatic carbocycles. The van der Waals surface area contributed by atoms with Crippen molar-refractivity contribution in [1.29, 1.82) is 0 Å². The highest BCUT2D eigenvalue weighted by Gasteiger charge is 2.25.